The number of methoxy groups -OCH3 is 3. The minimum Gasteiger partial charge on any atom is -0.460 e. The Morgan fingerprint density at radius 3 is 2.32 bits per heavy atom. The van der Waals surface area contributed by atoms with E-state index in [4.69, 9.17) is 23.7 Å². The van der Waals surface area contributed by atoms with Gasteiger partial charge in [0.1, 0.15) is 30.1 Å². The van der Waals surface area contributed by atoms with Crippen LogP contribution < -0.4 is 0 Å². The van der Waals surface area contributed by atoms with Crippen LogP contribution in [0.25, 0.3) is 0 Å². The molecule has 4 heterocycles. The third-order valence-corrected chi connectivity index (χ3v) is 15.1. The maximum absolute atomic E-state index is 14.5. The molecule has 5 rings (SSSR count). The van der Waals surface area contributed by atoms with E-state index in [1.54, 1.807) is 45.9 Å². The monoisotopic (exact) mass is 966 g/mol. The van der Waals surface area contributed by atoms with Gasteiger partial charge in [0, 0.05) is 58.5 Å². The smallest absolute Gasteiger partial charge is 0.329 e. The molecule has 3 aliphatic heterocycles. The minimum atomic E-state index is -2.43. The van der Waals surface area contributed by atoms with Gasteiger partial charge in [0.2, 0.25) is 5.79 Å². The number of hydrogen-bond donors (Lipinski definition) is 2. The van der Waals surface area contributed by atoms with E-state index in [1.807, 2.05) is 58.1 Å². The fourth-order valence-electron chi connectivity index (χ4n) is 10.7. The lowest BCUT2D eigenvalue weighted by atomic mass is 9.77. The van der Waals surface area contributed by atoms with Crippen molar-refractivity contribution in [2.75, 3.05) is 27.9 Å². The van der Waals surface area contributed by atoms with E-state index in [0.29, 0.717) is 56.9 Å². The van der Waals surface area contributed by atoms with Gasteiger partial charge in [-0.2, -0.15) is 4.80 Å². The maximum atomic E-state index is 14.5. The van der Waals surface area contributed by atoms with Crippen LogP contribution in [0.5, 0.6) is 0 Å². The third kappa shape index (κ3) is 14.2. The highest BCUT2D eigenvalue weighted by Gasteiger charge is 2.53. The second-order valence-corrected chi connectivity index (χ2v) is 20.3. The van der Waals surface area contributed by atoms with Crippen LogP contribution in [-0.2, 0) is 47.7 Å². The molecule has 17 heteroatoms. The summed E-state index contributed by atoms with van der Waals surface area (Å²) in [6, 6.07) is -1.24. The summed E-state index contributed by atoms with van der Waals surface area (Å²) in [6.45, 7) is 12.8. The highest BCUT2D eigenvalue weighted by Crippen LogP contribution is 2.39. The fraction of sp³-hybridized carbons (Fsp3) is 0.731. The average molecular weight is 966 g/mol. The van der Waals surface area contributed by atoms with Crippen LogP contribution in [0.1, 0.15) is 132 Å². The Bertz CT molecular complexity index is 2020. The molecule has 384 valence electrons. The zero-order valence-electron chi connectivity index (χ0n) is 42.5. The molecule has 1 aliphatic carbocycles. The Morgan fingerprint density at radius 1 is 0.884 bits per heavy atom. The normalized spacial score (nSPS) is 38.8. The van der Waals surface area contributed by atoms with Crippen molar-refractivity contribution in [3.05, 3.63) is 53.9 Å². The van der Waals surface area contributed by atoms with Crippen LogP contribution in [-0.4, -0.2) is 141 Å². The van der Waals surface area contributed by atoms with E-state index >= 15 is 0 Å². The van der Waals surface area contributed by atoms with Gasteiger partial charge in [-0.05, 0) is 112 Å². The van der Waals surface area contributed by atoms with Crippen molar-refractivity contribution in [1.29, 1.82) is 0 Å². The molecule has 1 amide bonds. The Balaban J connectivity index is 1.46. The molecule has 0 radical (unpaired) electrons. The average Bonchev–Trinajstić information content (AvgIpc) is 3.88. The molecule has 4 aliphatic rings. The van der Waals surface area contributed by atoms with Crippen molar-refractivity contribution >= 4 is 29.2 Å². The van der Waals surface area contributed by atoms with Gasteiger partial charge in [0.15, 0.2) is 12.1 Å². The molecule has 1 aromatic heterocycles. The molecule has 3 fully saturated rings. The quantitative estimate of drug-likeness (QED) is 0.181. The second kappa shape index (κ2) is 25.7. The maximum Gasteiger partial charge on any atom is 0.329 e. The molecule has 1 saturated carbocycles. The van der Waals surface area contributed by atoms with Crippen molar-refractivity contribution < 1.29 is 57.9 Å². The molecule has 69 heavy (non-hydrogen) atoms. The highest BCUT2D eigenvalue weighted by atomic mass is 16.6. The molecule has 2 unspecified atom stereocenters. The Morgan fingerprint density at radius 2 is 1.64 bits per heavy atom. The van der Waals surface area contributed by atoms with E-state index in [1.165, 1.54) is 18.3 Å². The molecule has 2 saturated heterocycles. The van der Waals surface area contributed by atoms with Gasteiger partial charge in [-0.3, -0.25) is 19.2 Å². The Kier molecular flexibility index (Phi) is 20.8. The minimum absolute atomic E-state index is 0.0168. The van der Waals surface area contributed by atoms with Crippen LogP contribution >= 0.6 is 0 Å². The summed E-state index contributed by atoms with van der Waals surface area (Å²) in [5.41, 5.74) is 1.27. The number of aromatic nitrogens is 4. The number of cyclic esters (lactones) is 1. The highest BCUT2D eigenvalue weighted by molar-refractivity contribution is 6.39. The first kappa shape index (κ1) is 55.7. The first-order valence-electron chi connectivity index (χ1n) is 25.0. The zero-order chi connectivity index (χ0) is 50.6. The van der Waals surface area contributed by atoms with E-state index in [-0.39, 0.29) is 60.9 Å². The Labute approximate surface area is 408 Å². The molecule has 2 bridgehead atoms. The van der Waals surface area contributed by atoms with Crippen molar-refractivity contribution in [2.45, 2.75) is 180 Å². The number of aliphatic hydroxyl groups is 2. The number of carbonyl (C=O) groups excluding carboxylic acids is 5. The number of hydrogen-bond acceptors (Lipinski definition) is 15. The fourth-order valence-corrected chi connectivity index (χ4v) is 10.7. The summed E-state index contributed by atoms with van der Waals surface area (Å²) in [6.07, 6.45) is 13.7. The number of Topliss-reactive ketones (excluding diaryl/α,β-unsaturated/α-hetero) is 3. The van der Waals surface area contributed by atoms with E-state index in [2.05, 4.69) is 15.4 Å². The molecule has 17 nitrogen and oxygen atoms in total. The zero-order valence-corrected chi connectivity index (χ0v) is 42.5. The standard InChI is InChI=1S/C52H79N5O12/c1-31-16-12-11-13-17-32(2)43(65-8)28-39-21-19-37(7)52(64,69-39)49(61)50(62)56-23-15-14-18-41(56)51(63)68-44(34(4)26-38-20-22-40(45(27-38)66-9)57-54-30-53-55-57)29-42(58)33(3)25-36(6)47(60)48(67-10)46(59)35(5)24-31/h11-13,16-17,25,30-31,33-35,37-41,43-45,47-48,60,64H,14-15,18-24,26-29H2,1-10H3/b13-11+,16-12+,32-17+,36-25+/t31?,33-,34-,35+,37-,38?,39+,40+,41+,43+,44+,45-,47-,48+,52-/m1/s1. The number of rotatable bonds is 7. The molecule has 15 atom stereocenters. The van der Waals surface area contributed by atoms with Crippen molar-refractivity contribution in [1.82, 2.24) is 25.1 Å². The lowest BCUT2D eigenvalue weighted by Crippen LogP contribution is -2.61. The van der Waals surface area contributed by atoms with Gasteiger partial charge < -0.3 is 38.8 Å². The summed E-state index contributed by atoms with van der Waals surface area (Å²) in [5.74, 6) is -7.94. The summed E-state index contributed by atoms with van der Waals surface area (Å²) in [4.78, 5) is 73.9. The molecular weight excluding hydrogens is 887 g/mol. The van der Waals surface area contributed by atoms with Gasteiger partial charge >= 0.3 is 5.97 Å². The van der Waals surface area contributed by atoms with Crippen molar-refractivity contribution in [3.8, 4) is 0 Å². The Hall–Kier alpha value is -4.26. The van der Waals surface area contributed by atoms with Gasteiger partial charge in [-0.25, -0.2) is 4.79 Å². The number of allylic oxidation sites excluding steroid dienone is 6. The largest absolute Gasteiger partial charge is 0.460 e. The number of tetrazole rings is 1. The third-order valence-electron chi connectivity index (χ3n) is 15.1. The number of piperidine rings is 1. The van der Waals surface area contributed by atoms with E-state index < -0.39 is 77.8 Å². The number of amides is 1. The lowest BCUT2D eigenvalue weighted by Gasteiger charge is -2.42. The first-order valence-corrected chi connectivity index (χ1v) is 25.0. The summed E-state index contributed by atoms with van der Waals surface area (Å²) < 4.78 is 29.9. The predicted octanol–water partition coefficient (Wildman–Crippen LogP) is 6.05. The van der Waals surface area contributed by atoms with Gasteiger partial charge in [-0.15, -0.1) is 10.2 Å². The number of aliphatic hydroxyl groups excluding tert-OH is 1. The van der Waals surface area contributed by atoms with E-state index in [9.17, 15) is 34.2 Å². The number of ketones is 3. The first-order chi connectivity index (χ1) is 32.8. The van der Waals surface area contributed by atoms with Crippen LogP contribution in [0.15, 0.2) is 53.9 Å². The second-order valence-electron chi connectivity index (χ2n) is 20.3. The number of fused-ring (bicyclic) bond motifs is 3. The topological polar surface area (TPSA) is 219 Å². The lowest BCUT2D eigenvalue weighted by molar-refractivity contribution is -0.265. The van der Waals surface area contributed by atoms with Crippen LogP contribution in [0.2, 0.25) is 0 Å². The molecule has 0 spiro atoms. The van der Waals surface area contributed by atoms with Crippen LogP contribution in [0, 0.1) is 35.5 Å². The number of esters is 1. The van der Waals surface area contributed by atoms with Crippen LogP contribution in [0.4, 0.5) is 0 Å². The molecular formula is C52H79N5O12. The van der Waals surface area contributed by atoms with Crippen LogP contribution in [0.3, 0.4) is 0 Å². The summed E-state index contributed by atoms with van der Waals surface area (Å²) >= 11 is 0. The summed E-state index contributed by atoms with van der Waals surface area (Å²) in [7, 11) is 4.61. The van der Waals surface area contributed by atoms with E-state index in [0.717, 1.165) is 18.4 Å². The molecule has 0 aromatic carbocycles. The van der Waals surface area contributed by atoms with Gasteiger partial charge in [0.05, 0.1) is 24.4 Å². The number of ether oxygens (including phenoxy) is 5. The van der Waals surface area contributed by atoms with Crippen molar-refractivity contribution in [2.24, 2.45) is 35.5 Å². The number of nitrogens with zero attached hydrogens (tertiary/aromatic N) is 5. The summed E-state index contributed by atoms with van der Waals surface area (Å²) in [5, 5.41) is 35.7. The predicted molar refractivity (Wildman–Crippen MR) is 256 cm³/mol. The van der Waals surface area contributed by atoms with Gasteiger partial charge in [0.25, 0.3) is 11.7 Å². The van der Waals surface area contributed by atoms with Gasteiger partial charge in [-0.1, -0.05) is 71.1 Å². The van der Waals surface area contributed by atoms with Crippen molar-refractivity contribution in [3.63, 3.8) is 0 Å². The number of carbonyl (C=O) groups is 5. The molecule has 2 N–H and O–H groups in total. The SMILES string of the molecule is CO[C@H]1C[C@@H]2CC[C@@H](C)[C@@](O)(O2)C(=O)C(=O)N2CCCC[C@H]2C(=O)O[C@H]([C@H](C)CC2CC[C@H](n3ncnn3)[C@H](OC)C2)CC(=O)[C@H](C)/C=C(\C)[C@@H](O)[C@@H](OC)C(=O)[C@@H](C)CC(C)/C=C/C=C/C=C/1C. The molecule has 1 aromatic rings.